The van der Waals surface area contributed by atoms with Crippen LogP contribution in [0.3, 0.4) is 0 Å². The number of carbonyl (C=O) groups excluding carboxylic acids is 1. The molecule has 0 fully saturated rings. The predicted octanol–water partition coefficient (Wildman–Crippen LogP) is 4.52. The molecule has 0 saturated heterocycles. The molecule has 2 N–H and O–H groups in total. The Morgan fingerprint density at radius 1 is 1.12 bits per heavy atom. The Morgan fingerprint density at radius 3 is 2.72 bits per heavy atom. The van der Waals surface area contributed by atoms with Gasteiger partial charge in [0.15, 0.2) is 10.3 Å². The van der Waals surface area contributed by atoms with Crippen LogP contribution in [-0.2, 0) is 4.79 Å². The second kappa shape index (κ2) is 6.50. The first-order valence-electron chi connectivity index (χ1n) is 7.83. The molecule has 0 saturated carbocycles. The maximum atomic E-state index is 12.2. The van der Waals surface area contributed by atoms with Gasteiger partial charge in [-0.15, -0.1) is 0 Å². The zero-order valence-corrected chi connectivity index (χ0v) is 15.4. The third-order valence-electron chi connectivity index (χ3n) is 3.75. The normalized spacial score (nSPS) is 11.3. The second-order valence-electron chi connectivity index (χ2n) is 5.89. The Morgan fingerprint density at radius 2 is 1.88 bits per heavy atom. The summed E-state index contributed by atoms with van der Waals surface area (Å²) < 4.78 is 1.08. The lowest BCUT2D eigenvalue weighted by Crippen LogP contribution is -2.13. The first-order valence-corrected chi connectivity index (χ1v) is 9.63. The molecular weight excluding hydrogens is 352 g/mol. The maximum absolute atomic E-state index is 12.2. The molecule has 0 radical (unpaired) electrons. The second-order valence-corrected chi connectivity index (χ2v) is 7.88. The van der Waals surface area contributed by atoms with E-state index in [0.717, 1.165) is 26.4 Å². The summed E-state index contributed by atoms with van der Waals surface area (Å²) >= 11 is 2.88. The molecule has 7 heteroatoms. The van der Waals surface area contributed by atoms with E-state index in [1.165, 1.54) is 34.2 Å². The number of imidazole rings is 1. The Bertz CT molecular complexity index is 1080. The minimum absolute atomic E-state index is 0.0857. The highest BCUT2D eigenvalue weighted by Crippen LogP contribution is 2.27. The fourth-order valence-corrected chi connectivity index (χ4v) is 4.21. The molecule has 0 aliphatic carbocycles. The van der Waals surface area contributed by atoms with Crippen molar-refractivity contribution in [2.75, 3.05) is 11.1 Å². The van der Waals surface area contributed by atoms with E-state index in [1.54, 1.807) is 0 Å². The Kier molecular flexibility index (Phi) is 4.19. The number of nitrogens with one attached hydrogen (secondary N) is 2. The largest absolute Gasteiger partial charge is 0.333 e. The third-order valence-corrected chi connectivity index (χ3v) is 5.55. The van der Waals surface area contributed by atoms with Crippen molar-refractivity contribution in [2.24, 2.45) is 0 Å². The zero-order valence-electron chi connectivity index (χ0n) is 13.8. The Balaban J connectivity index is 1.42. The standard InChI is InChI=1S/C18H16N4OS2/c1-10-3-5-12-14(7-10)21-17(19-12)24-9-16(23)22-18-20-13-6-4-11(2)8-15(13)25-18/h3-8H,9H2,1-2H3,(H,19,21)(H,20,22,23). The molecule has 1 amide bonds. The van der Waals surface area contributed by atoms with E-state index in [0.29, 0.717) is 5.13 Å². The lowest BCUT2D eigenvalue weighted by molar-refractivity contribution is -0.113. The number of hydrogen-bond acceptors (Lipinski definition) is 5. The van der Waals surface area contributed by atoms with Crippen LogP contribution in [0.15, 0.2) is 41.6 Å². The molecule has 2 aromatic carbocycles. The number of aromatic amines is 1. The van der Waals surface area contributed by atoms with Crippen LogP contribution in [0.4, 0.5) is 5.13 Å². The van der Waals surface area contributed by atoms with Crippen LogP contribution < -0.4 is 5.32 Å². The van der Waals surface area contributed by atoms with Crippen LogP contribution in [0.5, 0.6) is 0 Å². The van der Waals surface area contributed by atoms with Crippen molar-refractivity contribution in [1.82, 2.24) is 15.0 Å². The molecule has 4 rings (SSSR count). The lowest BCUT2D eigenvalue weighted by atomic mass is 10.2. The number of anilines is 1. The van der Waals surface area contributed by atoms with E-state index in [1.807, 2.05) is 38.1 Å². The van der Waals surface area contributed by atoms with Crippen LogP contribution in [0.25, 0.3) is 21.3 Å². The van der Waals surface area contributed by atoms with Gasteiger partial charge in [-0.1, -0.05) is 35.2 Å². The van der Waals surface area contributed by atoms with Crippen molar-refractivity contribution in [2.45, 2.75) is 19.0 Å². The zero-order chi connectivity index (χ0) is 17.4. The number of aromatic nitrogens is 3. The fraction of sp³-hybridized carbons (Fsp3) is 0.167. The molecule has 2 heterocycles. The van der Waals surface area contributed by atoms with Gasteiger partial charge >= 0.3 is 0 Å². The van der Waals surface area contributed by atoms with E-state index < -0.39 is 0 Å². The van der Waals surface area contributed by atoms with E-state index in [4.69, 9.17) is 0 Å². The van der Waals surface area contributed by atoms with E-state index >= 15 is 0 Å². The molecule has 0 spiro atoms. The number of carbonyl (C=O) groups is 1. The number of thiazole rings is 1. The monoisotopic (exact) mass is 368 g/mol. The van der Waals surface area contributed by atoms with Crippen molar-refractivity contribution in [1.29, 1.82) is 0 Å². The van der Waals surface area contributed by atoms with Gasteiger partial charge in [-0.25, -0.2) is 9.97 Å². The molecule has 0 atom stereocenters. The van der Waals surface area contributed by atoms with Crippen LogP contribution in [-0.4, -0.2) is 26.6 Å². The molecule has 4 aromatic rings. The summed E-state index contributed by atoms with van der Waals surface area (Å²) in [6.45, 7) is 4.09. The molecule has 5 nitrogen and oxygen atoms in total. The Labute approximate surface area is 152 Å². The van der Waals surface area contributed by atoms with Crippen LogP contribution in [0, 0.1) is 13.8 Å². The van der Waals surface area contributed by atoms with Gasteiger partial charge < -0.3 is 10.3 Å². The minimum Gasteiger partial charge on any atom is -0.333 e. The summed E-state index contributed by atoms with van der Waals surface area (Å²) in [6.07, 6.45) is 0. The molecule has 126 valence electrons. The number of benzene rings is 2. The number of fused-ring (bicyclic) bond motifs is 2. The molecule has 0 unspecified atom stereocenters. The number of amides is 1. The van der Waals surface area contributed by atoms with Crippen LogP contribution >= 0.6 is 23.1 Å². The summed E-state index contributed by atoms with van der Waals surface area (Å²) in [5.74, 6) is 0.200. The number of nitrogens with zero attached hydrogens (tertiary/aromatic N) is 2. The average Bonchev–Trinajstić information content (AvgIpc) is 3.14. The number of rotatable bonds is 4. The quantitative estimate of drug-likeness (QED) is 0.520. The predicted molar refractivity (Wildman–Crippen MR) is 105 cm³/mol. The highest BCUT2D eigenvalue weighted by molar-refractivity contribution is 7.99. The van der Waals surface area contributed by atoms with Gasteiger partial charge in [-0.2, -0.15) is 0 Å². The molecule has 2 aromatic heterocycles. The molecule has 0 aliphatic heterocycles. The van der Waals surface area contributed by atoms with Gasteiger partial charge in [-0.05, 0) is 49.2 Å². The van der Waals surface area contributed by atoms with Crippen LogP contribution in [0.2, 0.25) is 0 Å². The number of H-pyrrole nitrogens is 1. The van der Waals surface area contributed by atoms with Gasteiger partial charge in [-0.3, -0.25) is 4.79 Å². The summed E-state index contributed by atoms with van der Waals surface area (Å²) in [5, 5.41) is 4.25. The first kappa shape index (κ1) is 16.1. The molecular formula is C18H16N4OS2. The lowest BCUT2D eigenvalue weighted by Gasteiger charge is -1.99. The summed E-state index contributed by atoms with van der Waals surface area (Å²) in [7, 11) is 0. The third kappa shape index (κ3) is 3.52. The first-order chi connectivity index (χ1) is 12.1. The number of aryl methyl sites for hydroxylation is 2. The molecule has 0 bridgehead atoms. The van der Waals surface area contributed by atoms with Crippen molar-refractivity contribution in [3.8, 4) is 0 Å². The van der Waals surface area contributed by atoms with Gasteiger partial charge in [0.1, 0.15) is 0 Å². The maximum Gasteiger partial charge on any atom is 0.236 e. The van der Waals surface area contributed by atoms with Crippen molar-refractivity contribution >= 4 is 55.4 Å². The highest BCUT2D eigenvalue weighted by Gasteiger charge is 2.10. The summed E-state index contributed by atoms with van der Waals surface area (Å²) in [5.41, 5.74) is 5.17. The van der Waals surface area contributed by atoms with E-state index in [2.05, 4.69) is 32.4 Å². The van der Waals surface area contributed by atoms with Crippen molar-refractivity contribution in [3.05, 3.63) is 47.5 Å². The average molecular weight is 368 g/mol. The SMILES string of the molecule is Cc1ccc2nc(SCC(=O)Nc3nc4ccc(C)cc4s3)[nH]c2c1. The minimum atomic E-state index is -0.0857. The van der Waals surface area contributed by atoms with Gasteiger partial charge in [0, 0.05) is 0 Å². The number of thioether (sulfide) groups is 1. The molecule has 0 aliphatic rings. The number of hydrogen-bond donors (Lipinski definition) is 2. The summed E-state index contributed by atoms with van der Waals surface area (Å²) in [6, 6.07) is 12.1. The Hall–Kier alpha value is -2.38. The van der Waals surface area contributed by atoms with E-state index in [9.17, 15) is 4.79 Å². The van der Waals surface area contributed by atoms with Gasteiger partial charge in [0.2, 0.25) is 5.91 Å². The topological polar surface area (TPSA) is 70.7 Å². The van der Waals surface area contributed by atoms with Crippen molar-refractivity contribution < 1.29 is 4.79 Å². The summed E-state index contributed by atoms with van der Waals surface area (Å²) in [4.78, 5) is 24.4. The highest BCUT2D eigenvalue weighted by atomic mass is 32.2. The van der Waals surface area contributed by atoms with E-state index in [-0.39, 0.29) is 11.7 Å². The fourth-order valence-electron chi connectivity index (χ4n) is 2.54. The molecule has 25 heavy (non-hydrogen) atoms. The van der Waals surface area contributed by atoms with Crippen LogP contribution in [0.1, 0.15) is 11.1 Å². The smallest absolute Gasteiger partial charge is 0.236 e. The van der Waals surface area contributed by atoms with Gasteiger partial charge in [0.25, 0.3) is 0 Å². The van der Waals surface area contributed by atoms with Gasteiger partial charge in [0.05, 0.1) is 27.0 Å². The van der Waals surface area contributed by atoms with Crippen molar-refractivity contribution in [3.63, 3.8) is 0 Å².